The molecule has 8 nitrogen and oxygen atoms in total. The van der Waals surface area contributed by atoms with E-state index in [4.69, 9.17) is 9.68 Å². The summed E-state index contributed by atoms with van der Waals surface area (Å²) >= 11 is 0. The summed E-state index contributed by atoms with van der Waals surface area (Å²) in [7, 11) is 7.48. The fraction of sp³-hybridized carbons (Fsp3) is 0.233. The number of fused-ring (bicyclic) bond motifs is 6. The molecule has 0 aliphatic carbocycles. The van der Waals surface area contributed by atoms with Crippen LogP contribution in [0.4, 0.5) is 34.1 Å². The van der Waals surface area contributed by atoms with Crippen molar-refractivity contribution < 1.29 is 40.1 Å². The lowest BCUT2D eigenvalue weighted by molar-refractivity contribution is -0.936. The van der Waals surface area contributed by atoms with Crippen molar-refractivity contribution in [2.24, 2.45) is 0 Å². The molecule has 13 rings (SSSR count). The molecule has 0 saturated carbocycles. The van der Waals surface area contributed by atoms with E-state index in [0.717, 1.165) is 82.5 Å². The Hall–Kier alpha value is -9.00. The lowest BCUT2D eigenvalue weighted by Gasteiger charge is -2.36. The van der Waals surface area contributed by atoms with E-state index >= 15 is 0 Å². The van der Waals surface area contributed by atoms with Gasteiger partial charge < -0.3 is 54.5 Å². The Kier molecular flexibility index (Phi) is 22.7. The standard InChI is InChI=1S/C34H31N2.C27H35N2.C25H29BN2O2.BrH/c1-36(2,3)24-27-16-8-20-31-28(27)19-11-23-34(31)35(32-21-9-14-25-12-4-6-17-29(25)32)33-22-10-15-26-13-5-7-18-30(26)33;1-6-29(7-2,8-3)21-24-19-22(4)27(23(5)20-24)28(25-15-11-9-12-16-25)26-17-13-10-14-18-26;1-4-28(5-2,6-3)18-19-11-13-20(14-12-19)27-24-10-8-7-9-22(24)23-17-21(30-26-29)15-16-25(23)27;/h4-23H,24H2,1-3H3;9-20H,6-8,21H2,1-5H3;7-17,29H,4-6,18H2,1-3H3;1H/q3*+1;/p-1. The topological polar surface area (TPSA) is 40.9 Å². The fourth-order valence-electron chi connectivity index (χ4n) is 14.4. The first kappa shape index (κ1) is 69.8. The number of halogens is 1. The number of anilines is 6. The van der Waals surface area contributed by atoms with Crippen LogP contribution in [0.1, 0.15) is 69.4 Å². The molecule has 0 spiro atoms. The van der Waals surface area contributed by atoms with Crippen LogP contribution in [0.3, 0.4) is 0 Å². The van der Waals surface area contributed by atoms with Crippen LogP contribution in [-0.2, 0) is 19.6 Å². The van der Waals surface area contributed by atoms with Crippen molar-refractivity contribution in [2.75, 3.05) is 70.2 Å². The Morgan fingerprint density at radius 1 is 0.385 bits per heavy atom. The zero-order chi connectivity index (χ0) is 66.7. The van der Waals surface area contributed by atoms with Gasteiger partial charge in [0.25, 0.3) is 0 Å². The van der Waals surface area contributed by atoms with Crippen molar-refractivity contribution >= 4 is 95.9 Å². The third-order valence-electron chi connectivity index (χ3n) is 19.8. The van der Waals surface area contributed by atoms with Crippen LogP contribution in [0.15, 0.2) is 261 Å². The van der Waals surface area contributed by atoms with Gasteiger partial charge in [0.15, 0.2) is 0 Å². The molecule has 13 aromatic rings. The average Bonchev–Trinajstić information content (AvgIpc) is 1.34. The number of para-hydroxylation sites is 3. The molecule has 10 heteroatoms. The largest absolute Gasteiger partial charge is 1.00 e. The van der Waals surface area contributed by atoms with Gasteiger partial charge in [-0.15, -0.1) is 0 Å². The van der Waals surface area contributed by atoms with Gasteiger partial charge in [-0.25, -0.2) is 0 Å². The summed E-state index contributed by atoms with van der Waals surface area (Å²) in [5.74, 6) is 0.621. The molecule has 489 valence electrons. The van der Waals surface area contributed by atoms with Gasteiger partial charge in [0.05, 0.1) is 94.2 Å². The van der Waals surface area contributed by atoms with E-state index in [1.165, 1.54) is 119 Å². The van der Waals surface area contributed by atoms with Crippen molar-refractivity contribution in [3.63, 3.8) is 0 Å². The minimum absolute atomic E-state index is 0. The predicted molar refractivity (Wildman–Crippen MR) is 407 cm³/mol. The van der Waals surface area contributed by atoms with Gasteiger partial charge in [-0.05, 0) is 174 Å². The van der Waals surface area contributed by atoms with Crippen LogP contribution in [0.2, 0.25) is 0 Å². The summed E-state index contributed by atoms with van der Waals surface area (Å²) in [6.07, 6.45) is 0. The number of hydrogen-bond acceptors (Lipinski definition) is 4. The highest BCUT2D eigenvalue weighted by Crippen LogP contribution is 2.46. The smallest absolute Gasteiger partial charge is 0.569 e. The molecule has 1 aromatic heterocycles. The second-order valence-corrected chi connectivity index (χ2v) is 26.5. The van der Waals surface area contributed by atoms with Gasteiger partial charge in [0.2, 0.25) is 0 Å². The maximum Gasteiger partial charge on any atom is 0.569 e. The third-order valence-corrected chi connectivity index (χ3v) is 19.8. The first-order valence-corrected chi connectivity index (χ1v) is 34.2. The highest BCUT2D eigenvalue weighted by Gasteiger charge is 2.26. The number of aryl methyl sites for hydroxylation is 2. The number of rotatable bonds is 21. The molecule has 0 bridgehead atoms. The maximum absolute atomic E-state index is 8.99. The first-order chi connectivity index (χ1) is 46.2. The lowest BCUT2D eigenvalue weighted by atomic mass is 9.99. The Morgan fingerprint density at radius 3 is 1.33 bits per heavy atom. The second-order valence-electron chi connectivity index (χ2n) is 26.5. The van der Waals surface area contributed by atoms with Crippen molar-refractivity contribution in [1.82, 2.24) is 4.57 Å². The van der Waals surface area contributed by atoms with E-state index in [2.05, 4.69) is 340 Å². The van der Waals surface area contributed by atoms with E-state index in [1.807, 2.05) is 12.1 Å². The highest BCUT2D eigenvalue weighted by atomic mass is 79.9. The lowest BCUT2D eigenvalue weighted by Crippen LogP contribution is -3.00. The molecule has 0 aliphatic rings. The number of aromatic nitrogens is 1. The Labute approximate surface area is 582 Å². The Balaban J connectivity index is 0.000000157. The second kappa shape index (κ2) is 31.3. The quantitative estimate of drug-likeness (QED) is 0.0575. The molecule has 0 saturated heterocycles. The van der Waals surface area contributed by atoms with E-state index in [9.17, 15) is 0 Å². The summed E-state index contributed by atoms with van der Waals surface area (Å²) < 4.78 is 10.6. The van der Waals surface area contributed by atoms with Crippen molar-refractivity contribution in [3.05, 3.63) is 289 Å². The SMILES string of the molecule is CC[N+](CC)(CC)Cc1cc(C)c(N(c2ccccc2)c2ccccc2)c(C)c1.CC[N+](CC)(CC)Cc1ccc(-n2c3ccccc3c3cc(O[B]O)ccc32)cc1.C[N+](C)(C)Cc1cccc2c(N(c3cccc4ccccc34)c3cccc4ccccc34)cccc12.[Br-]. The Morgan fingerprint density at radius 2 is 0.812 bits per heavy atom. The molecule has 0 unspecified atom stereocenters. The summed E-state index contributed by atoms with van der Waals surface area (Å²) in [6.45, 7) is 28.4. The highest BCUT2D eigenvalue weighted by molar-refractivity contribution is 6.18. The van der Waals surface area contributed by atoms with Crippen LogP contribution in [0.5, 0.6) is 5.75 Å². The van der Waals surface area contributed by atoms with E-state index in [0.29, 0.717) is 5.75 Å². The molecule has 1 N–H and O–H groups in total. The summed E-state index contributed by atoms with van der Waals surface area (Å²) in [4.78, 5) is 4.85. The maximum atomic E-state index is 8.99. The normalized spacial score (nSPS) is 11.6. The molecular weight excluding hydrogens is 1240 g/mol. The van der Waals surface area contributed by atoms with Crippen molar-refractivity contribution in [1.29, 1.82) is 0 Å². The molecule has 12 aromatic carbocycles. The molecule has 0 fully saturated rings. The number of quaternary nitrogens is 3. The minimum Gasteiger partial charge on any atom is -1.00 e. The Bertz CT molecular complexity index is 4540. The van der Waals surface area contributed by atoms with Gasteiger partial charge in [-0.2, -0.15) is 0 Å². The number of nitrogens with zero attached hydrogens (tertiary/aromatic N) is 6. The van der Waals surface area contributed by atoms with Crippen LogP contribution in [0.25, 0.3) is 59.8 Å². The van der Waals surface area contributed by atoms with Gasteiger partial charge in [0.1, 0.15) is 25.4 Å². The van der Waals surface area contributed by atoms with E-state index < -0.39 is 0 Å². The van der Waals surface area contributed by atoms with Gasteiger partial charge in [-0.3, -0.25) is 0 Å². The van der Waals surface area contributed by atoms with Gasteiger partial charge in [-0.1, -0.05) is 170 Å². The number of benzene rings is 12. The monoisotopic (exact) mass is 1330 g/mol. The molecule has 1 radical (unpaired) electrons. The summed E-state index contributed by atoms with van der Waals surface area (Å²) in [5, 5.41) is 18.8. The van der Waals surface area contributed by atoms with Crippen molar-refractivity contribution in [3.8, 4) is 11.4 Å². The van der Waals surface area contributed by atoms with Gasteiger partial charge in [0, 0.05) is 60.7 Å². The van der Waals surface area contributed by atoms with Crippen LogP contribution >= 0.6 is 0 Å². The zero-order valence-electron chi connectivity index (χ0n) is 58.2. The predicted octanol–water partition coefficient (Wildman–Crippen LogP) is 18.0. The fourth-order valence-corrected chi connectivity index (χ4v) is 14.4. The average molecular weight is 1340 g/mol. The van der Waals surface area contributed by atoms with E-state index in [-0.39, 0.29) is 17.0 Å². The molecule has 0 atom stereocenters. The molecule has 96 heavy (non-hydrogen) atoms. The molecule has 0 aliphatic heterocycles. The third kappa shape index (κ3) is 15.1. The zero-order valence-corrected chi connectivity index (χ0v) is 59.8. The first-order valence-electron chi connectivity index (χ1n) is 34.2. The molecule has 0 amide bonds. The van der Waals surface area contributed by atoms with Crippen LogP contribution in [0, 0.1) is 13.8 Å². The molecular formula is C86H95BBrN6O2+2. The summed E-state index contributed by atoms with van der Waals surface area (Å²) in [5.41, 5.74) is 17.5. The van der Waals surface area contributed by atoms with Gasteiger partial charge >= 0.3 is 7.69 Å². The van der Waals surface area contributed by atoms with Crippen LogP contribution in [-0.4, -0.2) is 91.1 Å². The van der Waals surface area contributed by atoms with E-state index in [1.54, 1.807) is 0 Å². The molecule has 1 heterocycles. The minimum atomic E-state index is 0. The van der Waals surface area contributed by atoms with Crippen molar-refractivity contribution in [2.45, 2.75) is 75.0 Å². The summed E-state index contributed by atoms with van der Waals surface area (Å²) in [6, 6.07) is 93.5. The number of hydrogen-bond donors (Lipinski definition) is 1. The van der Waals surface area contributed by atoms with Crippen LogP contribution < -0.4 is 31.4 Å².